The van der Waals surface area contributed by atoms with Crippen LogP contribution >= 0.6 is 0 Å². The third kappa shape index (κ3) is 3.96. The zero-order valence-electron chi connectivity index (χ0n) is 28.6. The summed E-state index contributed by atoms with van der Waals surface area (Å²) >= 11 is 0. The summed E-state index contributed by atoms with van der Waals surface area (Å²) < 4.78 is 4.81. The van der Waals surface area contributed by atoms with Gasteiger partial charge >= 0.3 is 0 Å². The Kier molecular flexibility index (Phi) is 6.03. The van der Waals surface area contributed by atoms with E-state index in [9.17, 15) is 0 Å². The van der Waals surface area contributed by atoms with Gasteiger partial charge in [-0.3, -0.25) is 0 Å². The molecule has 0 aliphatic heterocycles. The first-order chi connectivity index (χ1) is 25.7. The van der Waals surface area contributed by atoms with E-state index in [0.29, 0.717) is 0 Å². The Balaban J connectivity index is 1.17. The van der Waals surface area contributed by atoms with Crippen molar-refractivity contribution < 1.29 is 0 Å². The predicted octanol–water partition coefficient (Wildman–Crippen LogP) is 12.6. The maximum absolute atomic E-state index is 6.90. The molecule has 2 heterocycles. The summed E-state index contributed by atoms with van der Waals surface area (Å²) in [7, 11) is 0. The maximum Gasteiger partial charge on any atom is 0.0547 e. The standard InChI is InChI=1S/C49H33N3/c1-2-11-39-38-18-10-13-33-26-35(29-42(47(33)38)49(39)50)52-45-24-22-32(28-41(45)48-36-16-7-6-12-30(36)20-25-46(48)52)31-21-23-44-40(27-31)37-17-8-9-19-43(37)51(44)34-14-4-3-5-15-34/h2-29H,50H2,1H3/b11-2-. The lowest BCUT2D eigenvalue weighted by Gasteiger charge is -2.12. The van der Waals surface area contributed by atoms with E-state index in [2.05, 4.69) is 179 Å². The number of nitrogens with two attached hydrogens (primary N) is 1. The van der Waals surface area contributed by atoms with E-state index in [1.165, 1.54) is 87.5 Å². The van der Waals surface area contributed by atoms with E-state index in [-0.39, 0.29) is 0 Å². The van der Waals surface area contributed by atoms with Gasteiger partial charge in [-0.1, -0.05) is 109 Å². The zero-order chi connectivity index (χ0) is 34.5. The second-order valence-electron chi connectivity index (χ2n) is 13.9. The van der Waals surface area contributed by atoms with Gasteiger partial charge < -0.3 is 14.9 Å². The Bertz CT molecular complexity index is 3190. The van der Waals surface area contributed by atoms with Gasteiger partial charge in [0.1, 0.15) is 0 Å². The number of allylic oxidation sites excluding steroid dienone is 3. The van der Waals surface area contributed by atoms with Crippen LogP contribution in [0.1, 0.15) is 18.1 Å². The first-order valence-electron chi connectivity index (χ1n) is 17.9. The lowest BCUT2D eigenvalue weighted by molar-refractivity contribution is 1.18. The van der Waals surface area contributed by atoms with Crippen LogP contribution in [0.15, 0.2) is 170 Å². The highest BCUT2D eigenvalue weighted by Gasteiger charge is 2.24. The molecular weight excluding hydrogens is 631 g/mol. The Morgan fingerprint density at radius 2 is 1.10 bits per heavy atom. The molecule has 11 rings (SSSR count). The lowest BCUT2D eigenvalue weighted by Crippen LogP contribution is -1.99. The van der Waals surface area contributed by atoms with E-state index < -0.39 is 0 Å². The van der Waals surface area contributed by atoms with Crippen LogP contribution in [0.2, 0.25) is 0 Å². The van der Waals surface area contributed by atoms with Gasteiger partial charge in [-0.25, -0.2) is 0 Å². The number of hydrogen-bond acceptors (Lipinski definition) is 1. The second kappa shape index (κ2) is 10.8. The van der Waals surface area contributed by atoms with Gasteiger partial charge in [0.15, 0.2) is 0 Å². The highest BCUT2D eigenvalue weighted by Crippen LogP contribution is 2.44. The molecular formula is C49H33N3. The van der Waals surface area contributed by atoms with E-state index in [4.69, 9.17) is 5.73 Å². The van der Waals surface area contributed by atoms with E-state index in [1.54, 1.807) is 0 Å². The van der Waals surface area contributed by atoms with Crippen LogP contribution in [0.3, 0.4) is 0 Å². The number of nitrogens with zero attached hydrogens (tertiary/aromatic N) is 2. The highest BCUT2D eigenvalue weighted by molar-refractivity contribution is 6.23. The van der Waals surface area contributed by atoms with Gasteiger partial charge in [0.25, 0.3) is 0 Å². The molecule has 0 bridgehead atoms. The van der Waals surface area contributed by atoms with Crippen LogP contribution in [0, 0.1) is 0 Å². The van der Waals surface area contributed by atoms with Crippen LogP contribution in [-0.2, 0) is 0 Å². The molecule has 0 unspecified atom stereocenters. The van der Waals surface area contributed by atoms with Crippen molar-refractivity contribution in [1.29, 1.82) is 0 Å². The Morgan fingerprint density at radius 1 is 0.442 bits per heavy atom. The number of rotatable bonds is 4. The first kappa shape index (κ1) is 28.9. The normalized spacial score (nSPS) is 13.0. The van der Waals surface area contributed by atoms with Gasteiger partial charge in [-0.05, 0) is 106 Å². The SMILES string of the molecule is C/C=C\C1=C(N)c2cc(-n3c4ccc(-c5ccc6c(c5)c5ccccc5n6-c5ccccc5)cc4c4c5ccccc5ccc43)cc3cccc1c23. The Hall–Kier alpha value is -6.84. The van der Waals surface area contributed by atoms with Crippen molar-refractivity contribution in [3.05, 3.63) is 181 Å². The fourth-order valence-corrected chi connectivity index (χ4v) is 8.87. The largest absolute Gasteiger partial charge is 0.398 e. The summed E-state index contributed by atoms with van der Waals surface area (Å²) in [6.45, 7) is 2.05. The topological polar surface area (TPSA) is 35.9 Å². The first-order valence-corrected chi connectivity index (χ1v) is 17.9. The summed E-state index contributed by atoms with van der Waals surface area (Å²) in [5.41, 5.74) is 20.6. The van der Waals surface area contributed by atoms with Crippen molar-refractivity contribution in [3.63, 3.8) is 0 Å². The molecule has 52 heavy (non-hydrogen) atoms. The minimum atomic E-state index is 0.837. The molecule has 8 aromatic carbocycles. The Morgan fingerprint density at radius 3 is 1.92 bits per heavy atom. The van der Waals surface area contributed by atoms with Crippen molar-refractivity contribution in [2.45, 2.75) is 6.92 Å². The summed E-state index contributed by atoms with van der Waals surface area (Å²) in [4.78, 5) is 0. The molecule has 0 spiro atoms. The van der Waals surface area contributed by atoms with Gasteiger partial charge in [0.2, 0.25) is 0 Å². The minimum Gasteiger partial charge on any atom is -0.398 e. The molecule has 0 radical (unpaired) electrons. The quantitative estimate of drug-likeness (QED) is 0.200. The Labute approximate surface area is 300 Å². The second-order valence-corrected chi connectivity index (χ2v) is 13.9. The lowest BCUT2D eigenvalue weighted by atomic mass is 9.99. The van der Waals surface area contributed by atoms with Gasteiger partial charge in [-0.2, -0.15) is 0 Å². The van der Waals surface area contributed by atoms with Gasteiger partial charge in [-0.15, -0.1) is 0 Å². The number of aromatic nitrogens is 2. The summed E-state index contributed by atoms with van der Waals surface area (Å²) in [5.74, 6) is 0. The van der Waals surface area contributed by atoms with Crippen molar-refractivity contribution in [2.24, 2.45) is 5.73 Å². The number of benzene rings is 8. The molecule has 2 aromatic heterocycles. The molecule has 0 fully saturated rings. The minimum absolute atomic E-state index is 0.837. The van der Waals surface area contributed by atoms with E-state index >= 15 is 0 Å². The molecule has 244 valence electrons. The summed E-state index contributed by atoms with van der Waals surface area (Å²) in [5, 5.41) is 9.92. The molecule has 3 heteroatoms. The fourth-order valence-electron chi connectivity index (χ4n) is 8.87. The van der Waals surface area contributed by atoms with Crippen molar-refractivity contribution >= 4 is 76.4 Å². The molecule has 0 amide bonds. The average molecular weight is 664 g/mol. The van der Waals surface area contributed by atoms with Crippen molar-refractivity contribution in [3.8, 4) is 22.5 Å². The third-order valence-electron chi connectivity index (χ3n) is 11.1. The van der Waals surface area contributed by atoms with Crippen LogP contribution in [0.4, 0.5) is 0 Å². The van der Waals surface area contributed by atoms with Crippen LogP contribution in [0.5, 0.6) is 0 Å². The number of para-hydroxylation sites is 2. The van der Waals surface area contributed by atoms with Crippen molar-refractivity contribution in [1.82, 2.24) is 9.13 Å². The van der Waals surface area contributed by atoms with Gasteiger partial charge in [0, 0.05) is 49.8 Å². The summed E-state index contributed by atoms with van der Waals surface area (Å²) in [6, 6.07) is 57.7. The third-order valence-corrected chi connectivity index (χ3v) is 11.1. The smallest absolute Gasteiger partial charge is 0.0547 e. The molecule has 2 N–H and O–H groups in total. The van der Waals surface area contributed by atoms with E-state index in [0.717, 1.165) is 22.5 Å². The molecule has 0 saturated carbocycles. The average Bonchev–Trinajstić information content (AvgIpc) is 3.81. The molecule has 10 aromatic rings. The number of fused-ring (bicyclic) bond motifs is 8. The predicted molar refractivity (Wildman–Crippen MR) is 221 cm³/mol. The molecule has 3 nitrogen and oxygen atoms in total. The van der Waals surface area contributed by atoms with E-state index in [1.807, 2.05) is 6.92 Å². The molecule has 1 aliphatic carbocycles. The molecule has 0 saturated heterocycles. The van der Waals surface area contributed by atoms with Gasteiger partial charge in [0.05, 0.1) is 22.1 Å². The molecule has 0 atom stereocenters. The number of hydrogen-bond donors (Lipinski definition) is 1. The summed E-state index contributed by atoms with van der Waals surface area (Å²) in [6.07, 6.45) is 4.21. The van der Waals surface area contributed by atoms with Crippen LogP contribution in [-0.4, -0.2) is 9.13 Å². The highest BCUT2D eigenvalue weighted by atomic mass is 15.0. The van der Waals surface area contributed by atoms with Crippen LogP contribution < -0.4 is 5.73 Å². The monoisotopic (exact) mass is 663 g/mol. The molecule has 1 aliphatic rings. The fraction of sp³-hybridized carbons (Fsp3) is 0.0204. The van der Waals surface area contributed by atoms with Crippen LogP contribution in [0.25, 0.3) is 98.9 Å². The maximum atomic E-state index is 6.90. The van der Waals surface area contributed by atoms with Crippen molar-refractivity contribution in [2.75, 3.05) is 0 Å². The zero-order valence-corrected chi connectivity index (χ0v) is 28.6.